The summed E-state index contributed by atoms with van der Waals surface area (Å²) < 4.78 is 37.7. The summed E-state index contributed by atoms with van der Waals surface area (Å²) in [4.78, 5) is 1.88. The second-order valence-corrected chi connectivity index (χ2v) is 4.85. The van der Waals surface area contributed by atoms with Crippen molar-refractivity contribution in [3.63, 3.8) is 0 Å². The van der Waals surface area contributed by atoms with Crippen LogP contribution in [0.15, 0.2) is 42.4 Å². The molecule has 0 amide bonds. The molecule has 1 aromatic rings. The first-order chi connectivity index (χ1) is 8.47. The normalized spacial score (nSPS) is 15.2. The number of rotatable bonds is 6. The molecular formula is C13H16BF3KN. The molecule has 6 heteroatoms. The van der Waals surface area contributed by atoms with Crippen LogP contribution in [-0.2, 0) is 6.54 Å². The minimum Gasteiger partial charge on any atom is -0.445 e. The molecule has 0 aromatic heterocycles. The van der Waals surface area contributed by atoms with Gasteiger partial charge >= 0.3 is 58.4 Å². The third-order valence-electron chi connectivity index (χ3n) is 3.16. The fourth-order valence-corrected chi connectivity index (χ4v) is 1.94. The maximum atomic E-state index is 12.6. The summed E-state index contributed by atoms with van der Waals surface area (Å²) in [7, 11) is 0. The molecule has 0 heterocycles. The molecule has 0 N–H and O–H groups in total. The predicted octanol–water partition coefficient (Wildman–Crippen LogP) is 0.598. The van der Waals surface area contributed by atoms with E-state index in [2.05, 4.69) is 6.58 Å². The van der Waals surface area contributed by atoms with Gasteiger partial charge in [0.05, 0.1) is 0 Å². The molecule has 19 heavy (non-hydrogen) atoms. The van der Waals surface area contributed by atoms with E-state index in [9.17, 15) is 12.9 Å². The number of hydrogen-bond donors (Lipinski definition) is 0. The molecule has 0 saturated heterocycles. The van der Waals surface area contributed by atoms with Gasteiger partial charge in [0.2, 0.25) is 0 Å². The standard InChI is InChI=1S/C13H16BF3N.K/c1-11(14(15,16)17)9-18(13-7-8-13)10-12-5-3-2-4-6-12;/h2-6,13H,1,7-10H2;/q-1;+1. The van der Waals surface area contributed by atoms with Crippen LogP contribution in [0.3, 0.4) is 0 Å². The summed E-state index contributed by atoms with van der Waals surface area (Å²) >= 11 is 0. The van der Waals surface area contributed by atoms with Gasteiger partial charge in [0, 0.05) is 12.6 Å². The molecule has 2 rings (SSSR count). The molecule has 0 bridgehead atoms. The summed E-state index contributed by atoms with van der Waals surface area (Å²) in [6, 6.07) is 9.89. The summed E-state index contributed by atoms with van der Waals surface area (Å²) in [6.07, 6.45) is 1.98. The van der Waals surface area contributed by atoms with Gasteiger partial charge < -0.3 is 12.9 Å². The van der Waals surface area contributed by atoms with Crippen LogP contribution < -0.4 is 51.4 Å². The van der Waals surface area contributed by atoms with Crippen molar-refractivity contribution in [1.29, 1.82) is 0 Å². The van der Waals surface area contributed by atoms with E-state index in [1.54, 1.807) is 0 Å². The van der Waals surface area contributed by atoms with Gasteiger partial charge in [-0.3, -0.25) is 4.90 Å². The molecule has 0 atom stereocenters. The first-order valence-electron chi connectivity index (χ1n) is 6.12. The summed E-state index contributed by atoms with van der Waals surface area (Å²) in [5.74, 6) is 0. The van der Waals surface area contributed by atoms with E-state index in [4.69, 9.17) is 0 Å². The maximum absolute atomic E-state index is 12.6. The molecule has 0 unspecified atom stereocenters. The van der Waals surface area contributed by atoms with Gasteiger partial charge in [-0.05, 0) is 24.9 Å². The van der Waals surface area contributed by atoms with Crippen LogP contribution in [0.1, 0.15) is 18.4 Å². The van der Waals surface area contributed by atoms with Crippen molar-refractivity contribution in [2.45, 2.75) is 25.4 Å². The zero-order chi connectivity index (χ0) is 13.2. The van der Waals surface area contributed by atoms with E-state index < -0.39 is 12.4 Å². The molecule has 1 saturated carbocycles. The fraction of sp³-hybridized carbons (Fsp3) is 0.385. The van der Waals surface area contributed by atoms with Gasteiger partial charge in [-0.15, -0.1) is 12.1 Å². The molecule has 1 aliphatic carbocycles. The molecule has 0 spiro atoms. The Morgan fingerprint density at radius 3 is 2.26 bits per heavy atom. The van der Waals surface area contributed by atoms with Crippen LogP contribution in [0.25, 0.3) is 0 Å². The zero-order valence-electron chi connectivity index (χ0n) is 11.2. The van der Waals surface area contributed by atoms with E-state index >= 15 is 0 Å². The zero-order valence-corrected chi connectivity index (χ0v) is 14.3. The Morgan fingerprint density at radius 1 is 1.21 bits per heavy atom. The molecule has 1 fully saturated rings. The number of nitrogens with zero attached hydrogens (tertiary/aromatic N) is 1. The second kappa shape index (κ2) is 7.43. The van der Waals surface area contributed by atoms with Crippen LogP contribution in [0, 0.1) is 0 Å². The van der Waals surface area contributed by atoms with Crippen LogP contribution in [0.2, 0.25) is 0 Å². The predicted molar refractivity (Wildman–Crippen MR) is 68.1 cm³/mol. The molecule has 1 aliphatic rings. The first kappa shape index (κ1) is 17.5. The SMILES string of the molecule is C=C(CN(Cc1ccccc1)C1CC1)[B-](F)(F)F.[K+]. The maximum Gasteiger partial charge on any atom is 1.00 e. The Kier molecular flexibility index (Phi) is 6.83. The fourth-order valence-electron chi connectivity index (χ4n) is 1.94. The van der Waals surface area contributed by atoms with Crippen LogP contribution in [-0.4, -0.2) is 24.5 Å². The van der Waals surface area contributed by atoms with Gasteiger partial charge in [-0.1, -0.05) is 30.3 Å². The van der Waals surface area contributed by atoms with E-state index in [-0.39, 0.29) is 57.9 Å². The largest absolute Gasteiger partial charge is 1.00 e. The van der Waals surface area contributed by atoms with Crippen molar-refractivity contribution in [2.75, 3.05) is 6.54 Å². The summed E-state index contributed by atoms with van der Waals surface area (Å²) in [6.45, 7) is -1.24. The van der Waals surface area contributed by atoms with Crippen molar-refractivity contribution >= 4 is 6.98 Å². The third-order valence-corrected chi connectivity index (χ3v) is 3.16. The monoisotopic (exact) mass is 293 g/mol. The van der Waals surface area contributed by atoms with Crippen molar-refractivity contribution in [1.82, 2.24) is 4.90 Å². The van der Waals surface area contributed by atoms with E-state index in [0.717, 1.165) is 18.4 Å². The van der Waals surface area contributed by atoms with Crippen molar-refractivity contribution in [3.05, 3.63) is 47.9 Å². The Balaban J connectivity index is 0.00000180. The van der Waals surface area contributed by atoms with Crippen molar-refractivity contribution in [2.24, 2.45) is 0 Å². The van der Waals surface area contributed by atoms with Crippen molar-refractivity contribution < 1.29 is 64.3 Å². The Hall–Kier alpha value is 0.411. The first-order valence-corrected chi connectivity index (χ1v) is 6.12. The average Bonchev–Trinajstić information content (AvgIpc) is 3.12. The van der Waals surface area contributed by atoms with E-state index in [1.165, 1.54) is 0 Å². The smallest absolute Gasteiger partial charge is 0.445 e. The molecule has 0 radical (unpaired) electrons. The number of hydrogen-bond acceptors (Lipinski definition) is 1. The van der Waals surface area contributed by atoms with Gasteiger partial charge in [0.1, 0.15) is 0 Å². The van der Waals surface area contributed by atoms with Crippen LogP contribution in [0.4, 0.5) is 12.9 Å². The molecular weight excluding hydrogens is 277 g/mol. The molecule has 1 nitrogen and oxygen atoms in total. The quantitative estimate of drug-likeness (QED) is 0.694. The third kappa shape index (κ3) is 5.73. The average molecular weight is 293 g/mol. The minimum atomic E-state index is -4.92. The molecule has 0 aliphatic heterocycles. The van der Waals surface area contributed by atoms with Gasteiger partial charge in [0.25, 0.3) is 0 Å². The summed E-state index contributed by atoms with van der Waals surface area (Å²) in [5.41, 5.74) is 0.449. The van der Waals surface area contributed by atoms with Gasteiger partial charge in [-0.2, -0.15) is 0 Å². The van der Waals surface area contributed by atoms with Gasteiger partial charge in [0.15, 0.2) is 0 Å². The van der Waals surface area contributed by atoms with Crippen LogP contribution >= 0.6 is 0 Å². The number of benzene rings is 1. The number of halogens is 3. The summed E-state index contributed by atoms with van der Waals surface area (Å²) in [5, 5.41) is 0. The Morgan fingerprint density at radius 2 is 1.79 bits per heavy atom. The van der Waals surface area contributed by atoms with Gasteiger partial charge in [-0.25, -0.2) is 0 Å². The van der Waals surface area contributed by atoms with E-state index in [1.807, 2.05) is 35.2 Å². The molecule has 98 valence electrons. The van der Waals surface area contributed by atoms with Crippen molar-refractivity contribution in [3.8, 4) is 0 Å². The van der Waals surface area contributed by atoms with E-state index in [0.29, 0.717) is 12.6 Å². The molecule has 1 aromatic carbocycles. The second-order valence-electron chi connectivity index (χ2n) is 4.85. The topological polar surface area (TPSA) is 3.24 Å². The van der Waals surface area contributed by atoms with Crippen LogP contribution in [0.5, 0.6) is 0 Å². The Labute approximate surface area is 154 Å². The minimum absolute atomic E-state index is 0. The Bertz CT molecular complexity index is 418.